The van der Waals surface area contributed by atoms with Crippen molar-refractivity contribution in [3.8, 4) is 0 Å². The first-order valence-corrected chi connectivity index (χ1v) is 8.00. The number of rotatable bonds is 8. The summed E-state index contributed by atoms with van der Waals surface area (Å²) in [6.45, 7) is 8.43. The zero-order chi connectivity index (χ0) is 15.2. The molecule has 0 amide bonds. The molecule has 1 aliphatic carbocycles. The fourth-order valence-corrected chi connectivity index (χ4v) is 3.07. The van der Waals surface area contributed by atoms with Crippen LogP contribution in [0.3, 0.4) is 0 Å². The summed E-state index contributed by atoms with van der Waals surface area (Å²) in [4.78, 5) is 11.4. The van der Waals surface area contributed by atoms with Crippen molar-refractivity contribution in [2.75, 3.05) is 6.61 Å². The van der Waals surface area contributed by atoms with E-state index in [2.05, 4.69) is 12.2 Å². The first-order chi connectivity index (χ1) is 9.37. The fraction of sp³-hybridized carbons (Fsp3) is 0.938. The number of hydrogen-bond acceptors (Lipinski definition) is 3. The number of carbonyl (C=O) groups is 1. The third-order valence-corrected chi connectivity index (χ3v) is 4.35. The molecule has 4 heteroatoms. The Morgan fingerprint density at radius 3 is 2.70 bits per heavy atom. The Bertz CT molecular complexity index is 306. The van der Waals surface area contributed by atoms with Crippen molar-refractivity contribution < 1.29 is 14.6 Å². The number of aliphatic carboxylic acids is 1. The second-order valence-electron chi connectivity index (χ2n) is 6.62. The molecular formula is C16H31NO3. The maximum absolute atomic E-state index is 11.4. The van der Waals surface area contributed by atoms with Gasteiger partial charge >= 0.3 is 5.97 Å². The highest BCUT2D eigenvalue weighted by Gasteiger charge is 2.33. The predicted molar refractivity (Wildman–Crippen MR) is 80.9 cm³/mol. The van der Waals surface area contributed by atoms with Crippen LogP contribution in [0, 0.1) is 5.92 Å². The van der Waals surface area contributed by atoms with Gasteiger partial charge in [0.25, 0.3) is 0 Å². The van der Waals surface area contributed by atoms with Gasteiger partial charge < -0.3 is 9.84 Å². The summed E-state index contributed by atoms with van der Waals surface area (Å²) in [5.74, 6) is -0.0155. The molecule has 1 rings (SSSR count). The standard InChI is InChI=1S/C16H31NO3/c1-5-13-7-6-8-14(11-13)20-10-9-16(4,15(18)19)17-12(2)3/h12-14,17H,5-11H2,1-4H3,(H,18,19). The molecule has 4 nitrogen and oxygen atoms in total. The van der Waals surface area contributed by atoms with Crippen LogP contribution in [0.15, 0.2) is 0 Å². The largest absolute Gasteiger partial charge is 0.480 e. The molecule has 1 saturated carbocycles. The Balaban J connectivity index is 2.38. The van der Waals surface area contributed by atoms with Crippen LogP contribution in [0.25, 0.3) is 0 Å². The number of ether oxygens (including phenoxy) is 1. The summed E-state index contributed by atoms with van der Waals surface area (Å²) in [7, 11) is 0. The Morgan fingerprint density at radius 2 is 2.15 bits per heavy atom. The van der Waals surface area contributed by atoms with Gasteiger partial charge in [-0.1, -0.05) is 26.2 Å². The van der Waals surface area contributed by atoms with E-state index in [4.69, 9.17) is 4.74 Å². The molecule has 0 aliphatic heterocycles. The molecule has 0 aromatic heterocycles. The van der Waals surface area contributed by atoms with Crippen LogP contribution in [-0.4, -0.2) is 35.4 Å². The lowest BCUT2D eigenvalue weighted by Crippen LogP contribution is -2.53. The van der Waals surface area contributed by atoms with Gasteiger partial charge in [0.2, 0.25) is 0 Å². The third-order valence-electron chi connectivity index (χ3n) is 4.35. The molecule has 0 spiro atoms. The summed E-state index contributed by atoms with van der Waals surface area (Å²) in [5, 5.41) is 12.5. The van der Waals surface area contributed by atoms with E-state index in [-0.39, 0.29) is 6.04 Å². The molecule has 0 bridgehead atoms. The van der Waals surface area contributed by atoms with Crippen LogP contribution in [0.4, 0.5) is 0 Å². The zero-order valence-corrected chi connectivity index (χ0v) is 13.4. The highest BCUT2D eigenvalue weighted by molar-refractivity contribution is 5.78. The first kappa shape index (κ1) is 17.4. The van der Waals surface area contributed by atoms with Gasteiger partial charge in [-0.05, 0) is 46.0 Å². The van der Waals surface area contributed by atoms with E-state index in [9.17, 15) is 9.90 Å². The van der Waals surface area contributed by atoms with E-state index >= 15 is 0 Å². The van der Waals surface area contributed by atoms with Gasteiger partial charge in [0, 0.05) is 12.6 Å². The zero-order valence-electron chi connectivity index (χ0n) is 13.4. The van der Waals surface area contributed by atoms with Crippen molar-refractivity contribution in [3.63, 3.8) is 0 Å². The molecule has 0 aromatic carbocycles. The first-order valence-electron chi connectivity index (χ1n) is 8.00. The highest BCUT2D eigenvalue weighted by atomic mass is 16.5. The normalized spacial score (nSPS) is 26.4. The summed E-state index contributed by atoms with van der Waals surface area (Å²) >= 11 is 0. The van der Waals surface area contributed by atoms with Crippen molar-refractivity contribution in [2.24, 2.45) is 5.92 Å². The average molecular weight is 285 g/mol. The summed E-state index contributed by atoms with van der Waals surface area (Å²) < 4.78 is 5.94. The molecule has 1 fully saturated rings. The van der Waals surface area contributed by atoms with Crippen LogP contribution in [0.2, 0.25) is 0 Å². The Hall–Kier alpha value is -0.610. The van der Waals surface area contributed by atoms with Crippen LogP contribution in [0.5, 0.6) is 0 Å². The monoisotopic (exact) mass is 285 g/mol. The summed E-state index contributed by atoms with van der Waals surface area (Å²) in [6.07, 6.45) is 6.87. The van der Waals surface area contributed by atoms with Gasteiger partial charge in [-0.2, -0.15) is 0 Å². The lowest BCUT2D eigenvalue weighted by Gasteiger charge is -2.31. The maximum atomic E-state index is 11.4. The van der Waals surface area contributed by atoms with Crippen molar-refractivity contribution in [1.82, 2.24) is 5.32 Å². The lowest BCUT2D eigenvalue weighted by molar-refractivity contribution is -0.145. The maximum Gasteiger partial charge on any atom is 0.323 e. The van der Waals surface area contributed by atoms with Gasteiger partial charge in [-0.3, -0.25) is 10.1 Å². The van der Waals surface area contributed by atoms with E-state index in [0.29, 0.717) is 19.1 Å². The number of hydrogen-bond donors (Lipinski definition) is 2. The molecule has 0 heterocycles. The van der Waals surface area contributed by atoms with Gasteiger partial charge in [0.05, 0.1) is 6.10 Å². The van der Waals surface area contributed by atoms with Crippen molar-refractivity contribution in [2.45, 2.75) is 83.9 Å². The van der Waals surface area contributed by atoms with Gasteiger partial charge in [-0.15, -0.1) is 0 Å². The van der Waals surface area contributed by atoms with Crippen molar-refractivity contribution in [3.05, 3.63) is 0 Å². The molecule has 20 heavy (non-hydrogen) atoms. The van der Waals surface area contributed by atoms with Gasteiger partial charge in [-0.25, -0.2) is 0 Å². The molecule has 3 atom stereocenters. The minimum absolute atomic E-state index is 0.148. The molecule has 0 saturated heterocycles. The third kappa shape index (κ3) is 5.41. The topological polar surface area (TPSA) is 58.6 Å². The van der Waals surface area contributed by atoms with Gasteiger partial charge in [0.1, 0.15) is 5.54 Å². The molecule has 2 N–H and O–H groups in total. The van der Waals surface area contributed by atoms with Crippen molar-refractivity contribution >= 4 is 5.97 Å². The minimum atomic E-state index is -0.896. The van der Waals surface area contributed by atoms with E-state index in [1.54, 1.807) is 6.92 Å². The quantitative estimate of drug-likeness (QED) is 0.719. The molecule has 1 aliphatic rings. The molecule has 0 aromatic rings. The average Bonchev–Trinajstić information content (AvgIpc) is 2.38. The second kappa shape index (κ2) is 7.99. The summed E-state index contributed by atoms with van der Waals surface area (Å²) in [6, 6.07) is 0.148. The minimum Gasteiger partial charge on any atom is -0.480 e. The SMILES string of the molecule is CCC1CCCC(OCCC(C)(NC(C)C)C(=O)O)C1. The van der Waals surface area contributed by atoms with Crippen LogP contribution in [-0.2, 0) is 9.53 Å². The van der Waals surface area contributed by atoms with E-state index in [1.807, 2.05) is 13.8 Å². The number of carboxylic acid groups (broad SMARTS) is 1. The van der Waals surface area contributed by atoms with Crippen LogP contribution >= 0.6 is 0 Å². The predicted octanol–water partition coefficient (Wildman–Crippen LogP) is 3.20. The molecule has 0 radical (unpaired) electrons. The van der Waals surface area contributed by atoms with Gasteiger partial charge in [0.15, 0.2) is 0 Å². The Kier molecular flexibility index (Phi) is 6.96. The summed E-state index contributed by atoms with van der Waals surface area (Å²) in [5.41, 5.74) is -0.896. The molecule has 118 valence electrons. The highest BCUT2D eigenvalue weighted by Crippen LogP contribution is 2.28. The second-order valence-corrected chi connectivity index (χ2v) is 6.62. The number of nitrogens with one attached hydrogen (secondary N) is 1. The van der Waals surface area contributed by atoms with Crippen molar-refractivity contribution in [1.29, 1.82) is 0 Å². The molecular weight excluding hydrogens is 254 g/mol. The Labute approximate surface area is 123 Å². The fourth-order valence-electron chi connectivity index (χ4n) is 3.07. The van der Waals surface area contributed by atoms with E-state index in [1.165, 1.54) is 19.3 Å². The molecule has 3 unspecified atom stereocenters. The number of carboxylic acids is 1. The smallest absolute Gasteiger partial charge is 0.323 e. The van der Waals surface area contributed by atoms with E-state index in [0.717, 1.165) is 18.8 Å². The van der Waals surface area contributed by atoms with Crippen LogP contribution < -0.4 is 5.32 Å². The Morgan fingerprint density at radius 1 is 1.45 bits per heavy atom. The lowest BCUT2D eigenvalue weighted by atomic mass is 9.85. The van der Waals surface area contributed by atoms with Crippen LogP contribution in [0.1, 0.15) is 66.2 Å². The van der Waals surface area contributed by atoms with E-state index < -0.39 is 11.5 Å².